The van der Waals surface area contributed by atoms with Gasteiger partial charge in [-0.3, -0.25) is 14.7 Å². The molecule has 0 aliphatic carbocycles. The Kier molecular flexibility index (Phi) is 6.19. The Morgan fingerprint density at radius 3 is 2.34 bits per heavy atom. The minimum atomic E-state index is -0.634. The third-order valence-corrected chi connectivity index (χ3v) is 5.97. The highest BCUT2D eigenvalue weighted by Gasteiger charge is 2.33. The third-order valence-electron chi connectivity index (χ3n) is 5.97. The largest absolute Gasteiger partial charge is 0.468 e. The number of benzene rings is 2. The average Bonchev–Trinajstić information content (AvgIpc) is 2.80. The zero-order valence-electron chi connectivity index (χ0n) is 18.5. The fraction of sp³-hybridized carbons (Fsp3) is 0.320. The van der Waals surface area contributed by atoms with E-state index in [1.165, 1.54) is 19.2 Å². The van der Waals surface area contributed by atoms with E-state index in [9.17, 15) is 14.0 Å². The van der Waals surface area contributed by atoms with Gasteiger partial charge in [0.05, 0.1) is 23.9 Å². The Bertz CT molecular complexity index is 1160. The van der Waals surface area contributed by atoms with Gasteiger partial charge in [0, 0.05) is 31.6 Å². The second-order valence-corrected chi connectivity index (χ2v) is 8.12. The summed E-state index contributed by atoms with van der Waals surface area (Å²) in [5, 5.41) is 0.944. The zero-order chi connectivity index (χ0) is 22.8. The highest BCUT2D eigenvalue weighted by atomic mass is 19.1. The number of ether oxygens (including phenoxy) is 1. The molecule has 0 spiro atoms. The molecule has 0 saturated carbocycles. The van der Waals surface area contributed by atoms with E-state index in [4.69, 9.17) is 4.74 Å². The average molecular weight is 435 g/mol. The molecule has 1 unspecified atom stereocenters. The lowest BCUT2D eigenvalue weighted by Gasteiger charge is -2.38. The molecule has 1 atom stereocenters. The summed E-state index contributed by atoms with van der Waals surface area (Å²) < 4.78 is 18.3. The summed E-state index contributed by atoms with van der Waals surface area (Å²) in [6.45, 7) is 5.81. The fourth-order valence-corrected chi connectivity index (χ4v) is 4.21. The van der Waals surface area contributed by atoms with Crippen molar-refractivity contribution >= 4 is 22.8 Å². The first-order valence-electron chi connectivity index (χ1n) is 10.6. The van der Waals surface area contributed by atoms with E-state index in [1.807, 2.05) is 43.0 Å². The Morgan fingerprint density at radius 1 is 1.00 bits per heavy atom. The lowest BCUT2D eigenvalue weighted by molar-refractivity contribution is -0.148. The normalized spacial score (nSPS) is 15.6. The number of carbonyl (C=O) groups excluding carboxylic acids is 2. The summed E-state index contributed by atoms with van der Waals surface area (Å²) in [6.07, 6.45) is 0. The van der Waals surface area contributed by atoms with E-state index in [-0.39, 0.29) is 11.7 Å². The predicted octanol–water partition coefficient (Wildman–Crippen LogP) is 3.66. The molecule has 166 valence electrons. The molecule has 1 aromatic heterocycles. The second kappa shape index (κ2) is 9.04. The van der Waals surface area contributed by atoms with Crippen molar-refractivity contribution in [2.24, 2.45) is 0 Å². The van der Waals surface area contributed by atoms with Crippen LogP contribution in [0.5, 0.6) is 0 Å². The van der Waals surface area contributed by atoms with Gasteiger partial charge in [-0.05, 0) is 49.7 Å². The molecule has 1 saturated heterocycles. The van der Waals surface area contributed by atoms with Crippen LogP contribution in [-0.2, 0) is 9.53 Å². The van der Waals surface area contributed by atoms with Crippen molar-refractivity contribution in [1.82, 2.24) is 14.8 Å². The molecule has 2 aromatic carbocycles. The summed E-state index contributed by atoms with van der Waals surface area (Å²) in [6, 6.07) is 13.1. The number of hydrogen-bond donors (Lipinski definition) is 0. The van der Waals surface area contributed by atoms with E-state index < -0.39 is 12.0 Å². The van der Waals surface area contributed by atoms with E-state index in [0.717, 1.165) is 16.5 Å². The molecule has 1 amide bonds. The number of rotatable bonds is 4. The van der Waals surface area contributed by atoms with Crippen LogP contribution in [0.3, 0.4) is 0 Å². The Morgan fingerprint density at radius 2 is 1.69 bits per heavy atom. The Balaban J connectivity index is 1.51. The number of aryl methyl sites for hydroxylation is 2. The number of aromatic nitrogens is 1. The van der Waals surface area contributed by atoms with Gasteiger partial charge in [-0.2, -0.15) is 0 Å². The third kappa shape index (κ3) is 4.34. The van der Waals surface area contributed by atoms with E-state index in [2.05, 4.69) is 4.98 Å². The smallest absolute Gasteiger partial charge is 0.327 e. The summed E-state index contributed by atoms with van der Waals surface area (Å²) in [7, 11) is 1.34. The van der Waals surface area contributed by atoms with Gasteiger partial charge in [0.25, 0.3) is 5.91 Å². The maximum atomic E-state index is 13.3. The van der Waals surface area contributed by atoms with Crippen LogP contribution in [0.1, 0.15) is 33.2 Å². The van der Waals surface area contributed by atoms with E-state index >= 15 is 0 Å². The van der Waals surface area contributed by atoms with Gasteiger partial charge in [0.15, 0.2) is 0 Å². The molecule has 1 fully saturated rings. The molecule has 7 heteroatoms. The number of esters is 1. The van der Waals surface area contributed by atoms with Gasteiger partial charge in [0.1, 0.15) is 11.9 Å². The van der Waals surface area contributed by atoms with Crippen LogP contribution < -0.4 is 0 Å². The number of piperazine rings is 1. The number of nitrogens with zero attached hydrogens (tertiary/aromatic N) is 3. The predicted molar refractivity (Wildman–Crippen MR) is 120 cm³/mol. The van der Waals surface area contributed by atoms with E-state index in [1.54, 1.807) is 17.0 Å². The van der Waals surface area contributed by atoms with Crippen LogP contribution in [0.15, 0.2) is 48.5 Å². The molecule has 4 rings (SSSR count). The van der Waals surface area contributed by atoms with Gasteiger partial charge in [-0.15, -0.1) is 0 Å². The minimum absolute atomic E-state index is 0.0607. The Hall–Kier alpha value is -3.32. The maximum Gasteiger partial charge on any atom is 0.327 e. The minimum Gasteiger partial charge on any atom is -0.468 e. The van der Waals surface area contributed by atoms with Crippen molar-refractivity contribution in [3.63, 3.8) is 0 Å². The highest BCUT2D eigenvalue weighted by Crippen LogP contribution is 2.25. The summed E-state index contributed by atoms with van der Waals surface area (Å²) >= 11 is 0. The van der Waals surface area contributed by atoms with Crippen molar-refractivity contribution in [2.45, 2.75) is 19.9 Å². The monoisotopic (exact) mass is 435 g/mol. The number of halogens is 1. The van der Waals surface area contributed by atoms with Gasteiger partial charge in [0.2, 0.25) is 0 Å². The first kappa shape index (κ1) is 21.9. The van der Waals surface area contributed by atoms with E-state index in [0.29, 0.717) is 43.0 Å². The zero-order valence-corrected chi connectivity index (χ0v) is 18.5. The lowest BCUT2D eigenvalue weighted by atomic mass is 10.0. The quantitative estimate of drug-likeness (QED) is 0.586. The van der Waals surface area contributed by atoms with Crippen molar-refractivity contribution in [2.75, 3.05) is 33.3 Å². The highest BCUT2D eigenvalue weighted by molar-refractivity contribution is 5.98. The molecule has 3 aromatic rings. The Labute approximate surface area is 186 Å². The van der Waals surface area contributed by atoms with Crippen molar-refractivity contribution in [3.05, 3.63) is 76.7 Å². The van der Waals surface area contributed by atoms with Crippen LogP contribution in [0, 0.1) is 19.7 Å². The second-order valence-electron chi connectivity index (χ2n) is 8.12. The van der Waals surface area contributed by atoms with Gasteiger partial charge in [-0.25, -0.2) is 9.18 Å². The first-order chi connectivity index (χ1) is 15.4. The van der Waals surface area contributed by atoms with Gasteiger partial charge < -0.3 is 9.64 Å². The lowest BCUT2D eigenvalue weighted by Crippen LogP contribution is -2.51. The molecule has 1 aliphatic rings. The fourth-order valence-electron chi connectivity index (χ4n) is 4.21. The van der Waals surface area contributed by atoms with Crippen molar-refractivity contribution < 1.29 is 18.7 Å². The molecule has 0 radical (unpaired) electrons. The molecular weight excluding hydrogens is 409 g/mol. The number of pyridine rings is 1. The topological polar surface area (TPSA) is 62.7 Å². The van der Waals surface area contributed by atoms with Gasteiger partial charge >= 0.3 is 5.97 Å². The molecule has 1 aliphatic heterocycles. The van der Waals surface area contributed by atoms with Crippen LogP contribution in [0.2, 0.25) is 0 Å². The number of fused-ring (bicyclic) bond motifs is 1. The number of hydrogen-bond acceptors (Lipinski definition) is 5. The molecule has 32 heavy (non-hydrogen) atoms. The van der Waals surface area contributed by atoms with Crippen LogP contribution in [0.4, 0.5) is 4.39 Å². The van der Waals surface area contributed by atoms with Crippen LogP contribution in [-0.4, -0.2) is 59.9 Å². The van der Waals surface area contributed by atoms with Crippen LogP contribution >= 0.6 is 0 Å². The standard InChI is InChI=1S/C25H26FN3O3/c1-16-4-9-22-19(14-16)15-21(17(2)27-22)24(30)29-12-10-28(11-13-29)23(25(31)32-3)18-5-7-20(26)8-6-18/h4-9,14-15,23H,10-13H2,1-3H3. The SMILES string of the molecule is COC(=O)C(c1ccc(F)cc1)N1CCN(C(=O)c2cc3cc(C)ccc3nc2C)CC1. The van der Waals surface area contributed by atoms with Crippen LogP contribution in [0.25, 0.3) is 10.9 Å². The molecule has 6 nitrogen and oxygen atoms in total. The number of amides is 1. The summed E-state index contributed by atoms with van der Waals surface area (Å²) in [4.78, 5) is 34.1. The maximum absolute atomic E-state index is 13.3. The number of carbonyl (C=O) groups is 2. The van der Waals surface area contributed by atoms with Gasteiger partial charge in [-0.1, -0.05) is 23.8 Å². The first-order valence-corrected chi connectivity index (χ1v) is 10.6. The molecular formula is C25H26FN3O3. The molecule has 0 bridgehead atoms. The molecule has 0 N–H and O–H groups in total. The molecule has 2 heterocycles. The summed E-state index contributed by atoms with van der Waals surface area (Å²) in [5.41, 5.74) is 3.95. The van der Waals surface area contributed by atoms with Crippen molar-refractivity contribution in [3.8, 4) is 0 Å². The van der Waals surface area contributed by atoms with Crippen molar-refractivity contribution in [1.29, 1.82) is 0 Å². The summed E-state index contributed by atoms with van der Waals surface area (Å²) in [5.74, 6) is -0.821. The number of methoxy groups -OCH3 is 1.